The molecule has 0 amide bonds. The number of benzene rings is 2. The van der Waals surface area contributed by atoms with Crippen LogP contribution in [0.3, 0.4) is 0 Å². The molecular weight excluding hydrogens is 700 g/mol. The second-order valence-corrected chi connectivity index (χ2v) is 13.5. The molecule has 2 aliphatic carbocycles. The lowest BCUT2D eigenvalue weighted by Crippen LogP contribution is -2.27. The van der Waals surface area contributed by atoms with Crippen LogP contribution in [0.1, 0.15) is 63.7 Å². The Morgan fingerprint density at radius 3 is 1.56 bits per heavy atom. The molecule has 0 aliphatic heterocycles. The van der Waals surface area contributed by atoms with E-state index in [1.807, 2.05) is 13.8 Å². The number of hydrogen-bond acceptors (Lipinski definition) is 16. The van der Waals surface area contributed by atoms with Gasteiger partial charge in [0.25, 0.3) is 22.2 Å². The quantitative estimate of drug-likeness (QED) is 0.189. The molecule has 54 heavy (non-hydrogen) atoms. The minimum Gasteiger partial charge on any atom is -0.294 e. The average molecular weight is 731 g/mol. The summed E-state index contributed by atoms with van der Waals surface area (Å²) in [5, 5.41) is 40.4. The molecule has 0 spiro atoms. The highest BCUT2D eigenvalue weighted by molar-refractivity contribution is 5.94. The maximum absolute atomic E-state index is 12.9. The first-order valence-corrected chi connectivity index (χ1v) is 17.2. The van der Waals surface area contributed by atoms with Crippen molar-refractivity contribution in [1.82, 2.24) is 89.5 Å². The normalized spacial score (nSPS) is 15.4. The summed E-state index contributed by atoms with van der Waals surface area (Å²) in [4.78, 5) is 61.3. The van der Waals surface area contributed by atoms with Gasteiger partial charge < -0.3 is 0 Å². The predicted molar refractivity (Wildman–Crippen MR) is 188 cm³/mol. The number of rotatable bonds is 8. The van der Waals surface area contributed by atoms with Crippen molar-refractivity contribution in [3.8, 4) is 0 Å². The molecule has 0 radical (unpaired) electrons. The lowest BCUT2D eigenvalue weighted by molar-refractivity contribution is 0.389. The van der Waals surface area contributed by atoms with E-state index in [4.69, 9.17) is 0 Å². The van der Waals surface area contributed by atoms with Crippen LogP contribution < -0.4 is 22.2 Å². The Morgan fingerprint density at radius 2 is 1.09 bits per heavy atom. The van der Waals surface area contributed by atoms with Crippen molar-refractivity contribution in [2.75, 3.05) is 0 Å². The molecule has 8 aromatic rings. The standard InChI is InChI=1S/2C16H15N9O2/c1-9(6-24-19-7-18-21-24)23-8-17-13-4-12-14(5-11(13)15(23)26)20-22-25(16(12)27)10-2-3-10;1-9(6-23-8-18-20-22-23)24-7-17-13-4-12-14(5-11(13)15(24)26)19-21-25(16(12)27)10-2-3-10/h2*4-5,7-10H,2-3,6H2,1H3. The molecule has 2 saturated carbocycles. The topological polar surface area (TPSA) is 253 Å². The molecule has 0 bridgehead atoms. The third kappa shape index (κ3) is 5.95. The van der Waals surface area contributed by atoms with Crippen molar-refractivity contribution in [2.24, 2.45) is 0 Å². The highest BCUT2D eigenvalue weighted by Gasteiger charge is 2.28. The number of hydrogen-bond donors (Lipinski definition) is 0. The minimum absolute atomic E-state index is 0.136. The molecule has 6 heterocycles. The summed E-state index contributed by atoms with van der Waals surface area (Å²) in [6.45, 7) is 4.56. The molecule has 2 unspecified atom stereocenters. The minimum atomic E-state index is -0.228. The van der Waals surface area contributed by atoms with Crippen molar-refractivity contribution in [3.63, 3.8) is 0 Å². The van der Waals surface area contributed by atoms with Crippen LogP contribution in [0, 0.1) is 0 Å². The van der Waals surface area contributed by atoms with Crippen LogP contribution in [0.2, 0.25) is 0 Å². The van der Waals surface area contributed by atoms with E-state index in [0.29, 0.717) is 56.7 Å². The second-order valence-electron chi connectivity index (χ2n) is 13.5. The second kappa shape index (κ2) is 12.9. The van der Waals surface area contributed by atoms with E-state index in [0.717, 1.165) is 25.7 Å². The van der Waals surface area contributed by atoms with Crippen molar-refractivity contribution >= 4 is 43.6 Å². The van der Waals surface area contributed by atoms with Crippen LogP contribution in [-0.4, -0.2) is 89.5 Å². The van der Waals surface area contributed by atoms with E-state index in [-0.39, 0.29) is 46.4 Å². The summed E-state index contributed by atoms with van der Waals surface area (Å²) in [5.41, 5.74) is 0.899. The Labute approximate surface area is 300 Å². The van der Waals surface area contributed by atoms with Crippen molar-refractivity contribution in [1.29, 1.82) is 0 Å². The number of aromatic nitrogens is 18. The summed E-state index contributed by atoms with van der Waals surface area (Å²) in [7, 11) is 0. The van der Waals surface area contributed by atoms with E-state index in [2.05, 4.69) is 61.5 Å². The molecule has 22 heteroatoms. The number of nitrogens with zero attached hydrogens (tertiary/aromatic N) is 18. The lowest BCUT2D eigenvalue weighted by Gasteiger charge is -2.14. The summed E-state index contributed by atoms with van der Waals surface area (Å²) >= 11 is 0. The predicted octanol–water partition coefficient (Wildman–Crippen LogP) is 0.168. The molecular formula is C32H30N18O4. The van der Waals surface area contributed by atoms with Crippen LogP contribution >= 0.6 is 0 Å². The van der Waals surface area contributed by atoms with Gasteiger partial charge in [0.2, 0.25) is 0 Å². The fourth-order valence-electron chi connectivity index (χ4n) is 6.33. The van der Waals surface area contributed by atoms with Crippen LogP contribution in [0.5, 0.6) is 0 Å². The SMILES string of the molecule is CC(Cn1cnnn1)n1cnc2cc3c(=O)n(C4CC4)nnc3cc2c1=O.CC(Cn1ncnn1)n1cnc2cc3c(=O)n(C4CC4)nnc3cc2c1=O. The first-order chi connectivity index (χ1) is 26.2. The van der Waals surface area contributed by atoms with Crippen LogP contribution in [0.25, 0.3) is 43.6 Å². The zero-order valence-corrected chi connectivity index (χ0v) is 28.9. The molecule has 6 aromatic heterocycles. The fraction of sp³-hybridized carbons (Fsp3) is 0.375. The Morgan fingerprint density at radius 1 is 0.593 bits per heavy atom. The van der Waals surface area contributed by atoms with Gasteiger partial charge in [-0.05, 0) is 79.4 Å². The molecule has 272 valence electrons. The molecule has 0 saturated heterocycles. The Hall–Kier alpha value is -7.00. The number of tetrazole rings is 2. The fourth-order valence-corrected chi connectivity index (χ4v) is 6.33. The van der Waals surface area contributed by atoms with Crippen molar-refractivity contribution < 1.29 is 0 Å². The third-order valence-electron chi connectivity index (χ3n) is 9.57. The maximum Gasteiger partial charge on any atom is 0.277 e. The smallest absolute Gasteiger partial charge is 0.277 e. The van der Waals surface area contributed by atoms with Crippen LogP contribution in [0.4, 0.5) is 0 Å². The highest BCUT2D eigenvalue weighted by atomic mass is 16.1. The van der Waals surface area contributed by atoms with Gasteiger partial charge in [-0.3, -0.25) is 28.3 Å². The highest BCUT2D eigenvalue weighted by Crippen LogP contribution is 2.33. The summed E-state index contributed by atoms with van der Waals surface area (Å²) < 4.78 is 7.42. The molecule has 22 nitrogen and oxygen atoms in total. The third-order valence-corrected chi connectivity index (χ3v) is 9.57. The Bertz CT molecular complexity index is 2740. The lowest BCUT2D eigenvalue weighted by atomic mass is 10.1. The summed E-state index contributed by atoms with van der Waals surface area (Å²) in [6.07, 6.45) is 9.55. The van der Waals surface area contributed by atoms with Gasteiger partial charge in [-0.25, -0.2) is 24.0 Å². The van der Waals surface area contributed by atoms with Crippen LogP contribution in [-0.2, 0) is 13.1 Å². The van der Waals surface area contributed by atoms with Gasteiger partial charge in [-0.2, -0.15) is 4.80 Å². The van der Waals surface area contributed by atoms with Gasteiger partial charge in [0.1, 0.15) is 17.4 Å². The van der Waals surface area contributed by atoms with Gasteiger partial charge >= 0.3 is 0 Å². The van der Waals surface area contributed by atoms with E-state index in [1.165, 1.54) is 48.6 Å². The first-order valence-electron chi connectivity index (χ1n) is 17.2. The van der Waals surface area contributed by atoms with E-state index in [1.54, 1.807) is 28.9 Å². The van der Waals surface area contributed by atoms with Gasteiger partial charge in [-0.1, -0.05) is 10.4 Å². The Balaban J connectivity index is 0.000000142. The molecule has 2 aliphatic rings. The molecule has 2 aromatic carbocycles. The van der Waals surface area contributed by atoms with Gasteiger partial charge in [0.05, 0.1) is 82.5 Å². The maximum atomic E-state index is 12.9. The van der Waals surface area contributed by atoms with Crippen LogP contribution in [0.15, 0.2) is 68.8 Å². The summed E-state index contributed by atoms with van der Waals surface area (Å²) in [6, 6.07) is 6.26. The van der Waals surface area contributed by atoms with E-state index in [9.17, 15) is 19.2 Å². The van der Waals surface area contributed by atoms with Gasteiger partial charge in [-0.15, -0.1) is 25.5 Å². The first kappa shape index (κ1) is 32.9. The zero-order chi connectivity index (χ0) is 37.1. The zero-order valence-electron chi connectivity index (χ0n) is 28.9. The monoisotopic (exact) mass is 730 g/mol. The van der Waals surface area contributed by atoms with E-state index >= 15 is 0 Å². The van der Waals surface area contributed by atoms with Gasteiger partial charge in [0, 0.05) is 0 Å². The Kier molecular flexibility index (Phi) is 7.85. The molecule has 2 atom stereocenters. The van der Waals surface area contributed by atoms with Crippen molar-refractivity contribution in [3.05, 3.63) is 91.0 Å². The summed E-state index contributed by atoms with van der Waals surface area (Å²) in [5.74, 6) is 0. The van der Waals surface area contributed by atoms with Crippen molar-refractivity contribution in [2.45, 2.75) is 76.8 Å². The van der Waals surface area contributed by atoms with Gasteiger partial charge in [0.15, 0.2) is 6.33 Å². The van der Waals surface area contributed by atoms with E-state index < -0.39 is 0 Å². The number of fused-ring (bicyclic) bond motifs is 4. The molecule has 2 fully saturated rings. The molecule has 10 rings (SSSR count). The largest absolute Gasteiger partial charge is 0.294 e. The molecule has 0 N–H and O–H groups in total. The average Bonchev–Trinajstić information content (AvgIpc) is 4.09.